The van der Waals surface area contributed by atoms with E-state index >= 15 is 0 Å². The Labute approximate surface area is 89.9 Å². The number of hydrogen-bond donors (Lipinski definition) is 1. The molecule has 1 N–H and O–H groups in total. The fraction of sp³-hybridized carbons (Fsp3) is 0.385. The Balaban J connectivity index is 2.28. The average molecular weight is 202 g/mol. The molecule has 1 aromatic rings. The van der Waals surface area contributed by atoms with E-state index in [1.807, 2.05) is 12.1 Å². The third kappa shape index (κ3) is 2.31. The van der Waals surface area contributed by atoms with Gasteiger partial charge in [0.15, 0.2) is 0 Å². The van der Waals surface area contributed by atoms with Crippen molar-refractivity contribution in [3.8, 4) is 17.6 Å². The number of para-hydroxylation sites is 1. The second kappa shape index (κ2) is 4.86. The molecule has 1 aromatic carbocycles. The van der Waals surface area contributed by atoms with Gasteiger partial charge in [0.25, 0.3) is 0 Å². The van der Waals surface area contributed by atoms with Crippen molar-refractivity contribution < 1.29 is 9.84 Å². The predicted octanol–water partition coefficient (Wildman–Crippen LogP) is 1.75. The Kier molecular flexibility index (Phi) is 3.26. The molecule has 1 aliphatic heterocycles. The Morgan fingerprint density at radius 3 is 3.20 bits per heavy atom. The summed E-state index contributed by atoms with van der Waals surface area (Å²) in [5, 5.41) is 8.65. The van der Waals surface area contributed by atoms with Crippen molar-refractivity contribution in [1.29, 1.82) is 0 Å². The van der Waals surface area contributed by atoms with E-state index in [9.17, 15) is 0 Å². The third-order valence-electron chi connectivity index (χ3n) is 2.39. The molecule has 0 fully saturated rings. The molecule has 0 amide bonds. The number of fused-ring (bicyclic) bond motifs is 1. The molecule has 0 aliphatic carbocycles. The minimum atomic E-state index is 0.114. The van der Waals surface area contributed by atoms with Crippen LogP contribution >= 0.6 is 0 Å². The summed E-state index contributed by atoms with van der Waals surface area (Å²) in [7, 11) is 0. The molecule has 15 heavy (non-hydrogen) atoms. The lowest BCUT2D eigenvalue weighted by molar-refractivity contribution is 0.287. The highest BCUT2D eigenvalue weighted by molar-refractivity contribution is 5.51. The summed E-state index contributed by atoms with van der Waals surface area (Å²) in [6.45, 7) is 0.897. The van der Waals surface area contributed by atoms with Gasteiger partial charge in [-0.1, -0.05) is 24.0 Å². The lowest BCUT2D eigenvalue weighted by atomic mass is 10.0. The summed E-state index contributed by atoms with van der Waals surface area (Å²) < 4.78 is 5.62. The van der Waals surface area contributed by atoms with Gasteiger partial charge >= 0.3 is 0 Å². The van der Waals surface area contributed by atoms with Crippen molar-refractivity contribution >= 4 is 0 Å². The van der Waals surface area contributed by atoms with E-state index < -0.39 is 0 Å². The van der Waals surface area contributed by atoms with Crippen molar-refractivity contribution in [3.63, 3.8) is 0 Å². The fourth-order valence-electron chi connectivity index (χ4n) is 1.70. The Morgan fingerprint density at radius 2 is 2.33 bits per heavy atom. The number of benzene rings is 1. The maximum atomic E-state index is 8.65. The molecule has 0 unspecified atom stereocenters. The van der Waals surface area contributed by atoms with Gasteiger partial charge in [0.05, 0.1) is 18.8 Å². The van der Waals surface area contributed by atoms with Crippen molar-refractivity contribution in [2.75, 3.05) is 13.2 Å². The zero-order chi connectivity index (χ0) is 10.5. The van der Waals surface area contributed by atoms with E-state index in [0.29, 0.717) is 6.42 Å². The summed E-state index contributed by atoms with van der Waals surface area (Å²) in [5.41, 5.74) is 2.19. The zero-order valence-corrected chi connectivity index (χ0v) is 8.62. The fourth-order valence-corrected chi connectivity index (χ4v) is 1.70. The van der Waals surface area contributed by atoms with Crippen LogP contribution in [0.25, 0.3) is 0 Å². The highest BCUT2D eigenvalue weighted by Crippen LogP contribution is 2.28. The summed E-state index contributed by atoms with van der Waals surface area (Å²) in [5.74, 6) is 6.90. The van der Waals surface area contributed by atoms with Crippen molar-refractivity contribution in [1.82, 2.24) is 0 Å². The quantitative estimate of drug-likeness (QED) is 0.703. The largest absolute Gasteiger partial charge is 0.492 e. The van der Waals surface area contributed by atoms with Crippen LogP contribution in [0.4, 0.5) is 0 Å². The minimum Gasteiger partial charge on any atom is -0.492 e. The first kappa shape index (κ1) is 10.1. The van der Waals surface area contributed by atoms with Gasteiger partial charge in [-0.2, -0.15) is 0 Å². The summed E-state index contributed by atoms with van der Waals surface area (Å²) >= 11 is 0. The van der Waals surface area contributed by atoms with Crippen LogP contribution in [-0.4, -0.2) is 18.3 Å². The van der Waals surface area contributed by atoms with Gasteiger partial charge in [0.1, 0.15) is 5.75 Å². The van der Waals surface area contributed by atoms with Crippen LogP contribution < -0.4 is 4.74 Å². The smallest absolute Gasteiger partial charge is 0.138 e. The van der Waals surface area contributed by atoms with Crippen LogP contribution in [0.3, 0.4) is 0 Å². The SMILES string of the molecule is OCCC#Cc1cccc2c1OCCC2. The van der Waals surface area contributed by atoms with Crippen LogP contribution in [0, 0.1) is 11.8 Å². The molecule has 78 valence electrons. The summed E-state index contributed by atoms with van der Waals surface area (Å²) in [6, 6.07) is 6.07. The van der Waals surface area contributed by atoms with Gasteiger partial charge in [-0.25, -0.2) is 0 Å². The second-order valence-corrected chi connectivity index (χ2v) is 3.52. The molecule has 2 heteroatoms. The molecular formula is C13H14O2. The lowest BCUT2D eigenvalue weighted by Crippen LogP contribution is -2.09. The van der Waals surface area contributed by atoms with E-state index in [-0.39, 0.29) is 6.61 Å². The van der Waals surface area contributed by atoms with Crippen LogP contribution in [0.1, 0.15) is 24.0 Å². The molecule has 0 spiro atoms. The molecule has 0 saturated heterocycles. The van der Waals surface area contributed by atoms with Gasteiger partial charge in [0, 0.05) is 6.42 Å². The normalized spacial score (nSPS) is 13.4. The highest BCUT2D eigenvalue weighted by Gasteiger charge is 2.12. The summed E-state index contributed by atoms with van der Waals surface area (Å²) in [4.78, 5) is 0. The van der Waals surface area contributed by atoms with Crippen molar-refractivity contribution in [2.45, 2.75) is 19.3 Å². The van der Waals surface area contributed by atoms with Gasteiger partial charge in [-0.05, 0) is 24.5 Å². The standard InChI is InChI=1S/C13H14O2/c14-9-2-1-5-11-6-3-7-12-8-4-10-15-13(11)12/h3,6-7,14H,2,4,8-10H2. The molecule has 0 saturated carbocycles. The molecule has 1 heterocycles. The number of aliphatic hydroxyl groups is 1. The zero-order valence-electron chi connectivity index (χ0n) is 8.62. The van der Waals surface area contributed by atoms with Crippen LogP contribution in [-0.2, 0) is 6.42 Å². The van der Waals surface area contributed by atoms with Crippen LogP contribution in [0.5, 0.6) is 5.75 Å². The van der Waals surface area contributed by atoms with Crippen molar-refractivity contribution in [3.05, 3.63) is 29.3 Å². The van der Waals surface area contributed by atoms with Gasteiger partial charge in [0.2, 0.25) is 0 Å². The highest BCUT2D eigenvalue weighted by atomic mass is 16.5. The number of rotatable bonds is 1. The maximum Gasteiger partial charge on any atom is 0.138 e. The van der Waals surface area contributed by atoms with E-state index in [1.165, 1.54) is 5.56 Å². The van der Waals surface area contributed by atoms with Gasteiger partial charge in [-0.3, -0.25) is 0 Å². The minimum absolute atomic E-state index is 0.114. The molecule has 2 rings (SSSR count). The Hall–Kier alpha value is -1.46. The summed E-state index contributed by atoms with van der Waals surface area (Å²) in [6.07, 6.45) is 2.68. The lowest BCUT2D eigenvalue weighted by Gasteiger charge is -2.18. The van der Waals surface area contributed by atoms with Gasteiger partial charge < -0.3 is 9.84 Å². The first-order chi connectivity index (χ1) is 7.42. The Bertz CT molecular complexity index is 399. The van der Waals surface area contributed by atoms with E-state index in [0.717, 1.165) is 30.8 Å². The third-order valence-corrected chi connectivity index (χ3v) is 2.39. The second-order valence-electron chi connectivity index (χ2n) is 3.52. The van der Waals surface area contributed by atoms with E-state index in [4.69, 9.17) is 9.84 Å². The van der Waals surface area contributed by atoms with Crippen molar-refractivity contribution in [2.24, 2.45) is 0 Å². The number of aryl methyl sites for hydroxylation is 1. The number of ether oxygens (including phenoxy) is 1. The molecule has 0 radical (unpaired) electrons. The van der Waals surface area contributed by atoms with Crippen LogP contribution in [0.15, 0.2) is 18.2 Å². The van der Waals surface area contributed by atoms with E-state index in [2.05, 4.69) is 17.9 Å². The average Bonchev–Trinajstić information content (AvgIpc) is 2.30. The number of aliphatic hydroxyl groups excluding tert-OH is 1. The molecular weight excluding hydrogens is 188 g/mol. The first-order valence-corrected chi connectivity index (χ1v) is 5.26. The number of hydrogen-bond acceptors (Lipinski definition) is 2. The molecule has 2 nitrogen and oxygen atoms in total. The van der Waals surface area contributed by atoms with E-state index in [1.54, 1.807) is 0 Å². The maximum absolute atomic E-state index is 8.65. The molecule has 0 aromatic heterocycles. The topological polar surface area (TPSA) is 29.5 Å². The van der Waals surface area contributed by atoms with Gasteiger partial charge in [-0.15, -0.1) is 0 Å². The molecule has 1 aliphatic rings. The monoisotopic (exact) mass is 202 g/mol. The molecule has 0 atom stereocenters. The first-order valence-electron chi connectivity index (χ1n) is 5.26. The van der Waals surface area contributed by atoms with Crippen LogP contribution in [0.2, 0.25) is 0 Å². The Morgan fingerprint density at radius 1 is 1.40 bits per heavy atom. The predicted molar refractivity (Wildman–Crippen MR) is 58.8 cm³/mol. The molecule has 0 bridgehead atoms.